The van der Waals surface area contributed by atoms with Gasteiger partial charge in [0.1, 0.15) is 5.82 Å². The molecule has 2 fully saturated rings. The number of piperazine rings is 1. The minimum Gasteiger partial charge on any atom is -0.363 e. The summed E-state index contributed by atoms with van der Waals surface area (Å²) in [5.74, 6) is -0.139. The Morgan fingerprint density at radius 1 is 0.963 bits per heavy atom. The quantitative estimate of drug-likeness (QED) is 0.692. The number of rotatable bonds is 4. The zero-order valence-corrected chi connectivity index (χ0v) is 15.4. The van der Waals surface area contributed by atoms with E-state index in [1.807, 2.05) is 24.5 Å². The van der Waals surface area contributed by atoms with Crippen LogP contribution >= 0.6 is 0 Å². The molecule has 2 aliphatic heterocycles. The SMILES string of the molecule is Fc1cccc(N2C3CCC2CN(CCc2ccc4ccncc4c2)C3)c1. The topological polar surface area (TPSA) is 19.4 Å². The van der Waals surface area contributed by atoms with Gasteiger partial charge in [0.25, 0.3) is 0 Å². The van der Waals surface area contributed by atoms with Gasteiger partial charge in [-0.05, 0) is 60.5 Å². The molecule has 2 atom stereocenters. The summed E-state index contributed by atoms with van der Waals surface area (Å²) in [6, 6.07) is 16.8. The molecule has 27 heavy (non-hydrogen) atoms. The first kappa shape index (κ1) is 16.7. The molecule has 0 N–H and O–H groups in total. The number of nitrogens with zero attached hydrogens (tertiary/aromatic N) is 3. The maximum Gasteiger partial charge on any atom is 0.125 e. The van der Waals surface area contributed by atoms with Gasteiger partial charge in [0.2, 0.25) is 0 Å². The molecule has 4 heteroatoms. The predicted molar refractivity (Wildman–Crippen MR) is 108 cm³/mol. The van der Waals surface area contributed by atoms with Gasteiger partial charge in [0.05, 0.1) is 0 Å². The lowest BCUT2D eigenvalue weighted by atomic mass is 10.1. The van der Waals surface area contributed by atoms with Crippen molar-refractivity contribution in [3.63, 3.8) is 0 Å². The van der Waals surface area contributed by atoms with Crippen LogP contribution in [0, 0.1) is 5.82 Å². The van der Waals surface area contributed by atoms with E-state index in [9.17, 15) is 4.39 Å². The molecule has 0 radical (unpaired) electrons. The molecule has 138 valence electrons. The Hall–Kier alpha value is -2.46. The number of hydrogen-bond donors (Lipinski definition) is 0. The Labute approximate surface area is 159 Å². The summed E-state index contributed by atoms with van der Waals surface area (Å²) in [6.07, 6.45) is 7.26. The van der Waals surface area contributed by atoms with Crippen molar-refractivity contribution in [2.24, 2.45) is 0 Å². The zero-order chi connectivity index (χ0) is 18.2. The van der Waals surface area contributed by atoms with Crippen LogP contribution in [0.5, 0.6) is 0 Å². The number of hydrogen-bond acceptors (Lipinski definition) is 3. The molecule has 2 aromatic carbocycles. The van der Waals surface area contributed by atoms with E-state index in [-0.39, 0.29) is 5.82 Å². The van der Waals surface area contributed by atoms with Gasteiger partial charge in [-0.15, -0.1) is 0 Å². The molecule has 1 aromatic heterocycles. The Morgan fingerprint density at radius 2 is 1.81 bits per heavy atom. The average Bonchev–Trinajstić information content (AvgIpc) is 2.96. The Morgan fingerprint density at radius 3 is 2.63 bits per heavy atom. The van der Waals surface area contributed by atoms with Gasteiger partial charge in [-0.3, -0.25) is 9.88 Å². The highest BCUT2D eigenvalue weighted by Crippen LogP contribution is 2.35. The summed E-state index contributed by atoms with van der Waals surface area (Å²) in [7, 11) is 0. The predicted octanol–water partition coefficient (Wildman–Crippen LogP) is 4.27. The second-order valence-corrected chi connectivity index (χ2v) is 7.84. The van der Waals surface area contributed by atoms with E-state index in [2.05, 4.69) is 39.0 Å². The van der Waals surface area contributed by atoms with Gasteiger partial charge in [-0.25, -0.2) is 4.39 Å². The fraction of sp³-hybridized carbons (Fsp3) is 0.348. The first-order chi connectivity index (χ1) is 13.3. The first-order valence-corrected chi connectivity index (χ1v) is 9.85. The highest BCUT2D eigenvalue weighted by Gasteiger charge is 2.39. The molecule has 0 spiro atoms. The lowest BCUT2D eigenvalue weighted by molar-refractivity contribution is 0.222. The van der Waals surface area contributed by atoms with E-state index in [4.69, 9.17) is 0 Å². The van der Waals surface area contributed by atoms with Gasteiger partial charge in [-0.2, -0.15) is 0 Å². The number of halogens is 1. The second kappa shape index (κ2) is 6.93. The van der Waals surface area contributed by atoms with Gasteiger partial charge in [0.15, 0.2) is 0 Å². The Kier molecular flexibility index (Phi) is 4.29. The fourth-order valence-corrected chi connectivity index (χ4v) is 4.81. The normalized spacial score (nSPS) is 22.5. The number of fused-ring (bicyclic) bond motifs is 3. The largest absolute Gasteiger partial charge is 0.363 e. The van der Waals surface area contributed by atoms with Crippen molar-refractivity contribution in [3.05, 3.63) is 72.3 Å². The van der Waals surface area contributed by atoms with Crippen LogP contribution < -0.4 is 4.90 Å². The van der Waals surface area contributed by atoms with Crippen LogP contribution in [0.15, 0.2) is 60.9 Å². The average molecular weight is 361 g/mol. The molecule has 0 amide bonds. The van der Waals surface area contributed by atoms with Crippen LogP contribution in [-0.2, 0) is 6.42 Å². The molecule has 0 saturated carbocycles. The van der Waals surface area contributed by atoms with E-state index in [0.717, 1.165) is 31.7 Å². The zero-order valence-electron chi connectivity index (χ0n) is 15.4. The standard InChI is InChI=1S/C23H24FN3/c24-20-2-1-3-21(13-20)27-22-6-7-23(27)16-26(15-22)11-9-17-4-5-18-8-10-25-14-19(18)12-17/h1-5,8,10,12-14,22-23H,6-7,9,11,15-16H2. The molecule has 2 bridgehead atoms. The van der Waals surface area contributed by atoms with Crippen molar-refractivity contribution in [3.8, 4) is 0 Å². The first-order valence-electron chi connectivity index (χ1n) is 9.85. The molecule has 0 aliphatic carbocycles. The van der Waals surface area contributed by atoms with Crippen molar-refractivity contribution in [2.45, 2.75) is 31.3 Å². The summed E-state index contributed by atoms with van der Waals surface area (Å²) in [6.45, 7) is 3.22. The summed E-state index contributed by atoms with van der Waals surface area (Å²) in [5.41, 5.74) is 2.42. The van der Waals surface area contributed by atoms with E-state index in [0.29, 0.717) is 12.1 Å². The number of benzene rings is 2. The minimum absolute atomic E-state index is 0.139. The Balaban J connectivity index is 1.26. The highest BCUT2D eigenvalue weighted by atomic mass is 19.1. The number of pyridine rings is 1. The third-order valence-corrected chi connectivity index (χ3v) is 6.09. The van der Waals surface area contributed by atoms with Crippen LogP contribution in [-0.4, -0.2) is 41.6 Å². The van der Waals surface area contributed by atoms with E-state index < -0.39 is 0 Å². The van der Waals surface area contributed by atoms with Crippen LogP contribution in [0.1, 0.15) is 18.4 Å². The van der Waals surface area contributed by atoms with Crippen molar-refractivity contribution in [1.29, 1.82) is 0 Å². The van der Waals surface area contributed by atoms with Gasteiger partial charge in [0, 0.05) is 55.2 Å². The molecule has 2 saturated heterocycles. The van der Waals surface area contributed by atoms with Gasteiger partial charge < -0.3 is 4.90 Å². The molecule has 5 rings (SSSR count). The van der Waals surface area contributed by atoms with Gasteiger partial charge >= 0.3 is 0 Å². The summed E-state index contributed by atoms with van der Waals surface area (Å²) in [5, 5.41) is 2.46. The van der Waals surface area contributed by atoms with Crippen molar-refractivity contribution >= 4 is 16.5 Å². The smallest absolute Gasteiger partial charge is 0.125 e. The summed E-state index contributed by atoms with van der Waals surface area (Å²) >= 11 is 0. The molecule has 2 aliphatic rings. The van der Waals surface area contributed by atoms with Crippen LogP contribution in [0.4, 0.5) is 10.1 Å². The van der Waals surface area contributed by atoms with Crippen molar-refractivity contribution in [2.75, 3.05) is 24.5 Å². The summed E-state index contributed by atoms with van der Waals surface area (Å²) in [4.78, 5) is 9.28. The number of likely N-dealkylation sites (tertiary alicyclic amines) is 1. The van der Waals surface area contributed by atoms with E-state index >= 15 is 0 Å². The molecular formula is C23H24FN3. The van der Waals surface area contributed by atoms with Crippen LogP contribution in [0.2, 0.25) is 0 Å². The maximum atomic E-state index is 13.7. The highest BCUT2D eigenvalue weighted by molar-refractivity contribution is 5.82. The van der Waals surface area contributed by atoms with Crippen molar-refractivity contribution in [1.82, 2.24) is 9.88 Å². The fourth-order valence-electron chi connectivity index (χ4n) is 4.81. The second-order valence-electron chi connectivity index (χ2n) is 7.84. The third-order valence-electron chi connectivity index (χ3n) is 6.09. The third kappa shape index (κ3) is 3.30. The van der Waals surface area contributed by atoms with Crippen LogP contribution in [0.3, 0.4) is 0 Å². The number of aromatic nitrogens is 1. The van der Waals surface area contributed by atoms with E-state index in [1.165, 1.54) is 35.2 Å². The number of anilines is 1. The van der Waals surface area contributed by atoms with Crippen LogP contribution in [0.25, 0.3) is 10.8 Å². The lowest BCUT2D eigenvalue weighted by Gasteiger charge is -2.42. The molecule has 2 unspecified atom stereocenters. The summed E-state index contributed by atoms with van der Waals surface area (Å²) < 4.78 is 13.7. The van der Waals surface area contributed by atoms with Gasteiger partial charge in [-0.1, -0.05) is 18.2 Å². The maximum absolute atomic E-state index is 13.7. The molecule has 3 nitrogen and oxygen atoms in total. The monoisotopic (exact) mass is 361 g/mol. The molecule has 3 aromatic rings. The Bertz CT molecular complexity index is 943. The molecular weight excluding hydrogens is 337 g/mol. The lowest BCUT2D eigenvalue weighted by Crippen LogP contribution is -2.54. The van der Waals surface area contributed by atoms with Crippen molar-refractivity contribution < 1.29 is 4.39 Å². The molecule has 3 heterocycles. The van der Waals surface area contributed by atoms with E-state index in [1.54, 1.807) is 6.07 Å². The minimum atomic E-state index is -0.139.